The first kappa shape index (κ1) is 23.3. The average Bonchev–Trinajstić information content (AvgIpc) is 3.15. The first-order valence-electron chi connectivity index (χ1n) is 10.9. The molecular formula is C26H28N4O4. The Bertz CT molecular complexity index is 1280. The molecule has 0 radical (unpaired) electrons. The van der Waals surface area contributed by atoms with Gasteiger partial charge in [-0.2, -0.15) is 0 Å². The predicted octanol–water partition coefficient (Wildman–Crippen LogP) is 4.43. The molecule has 8 nitrogen and oxygen atoms in total. The summed E-state index contributed by atoms with van der Waals surface area (Å²) in [4.78, 5) is 17.1. The summed E-state index contributed by atoms with van der Waals surface area (Å²) in [6.07, 6.45) is 1.62. The molecule has 176 valence electrons. The summed E-state index contributed by atoms with van der Waals surface area (Å²) in [5.74, 6) is 1.28. The van der Waals surface area contributed by atoms with E-state index < -0.39 is 5.60 Å². The van der Waals surface area contributed by atoms with Gasteiger partial charge in [0.1, 0.15) is 11.6 Å². The van der Waals surface area contributed by atoms with Crippen LogP contribution in [0, 0.1) is 0 Å². The lowest BCUT2D eigenvalue weighted by Gasteiger charge is -2.23. The molecule has 0 aliphatic heterocycles. The van der Waals surface area contributed by atoms with E-state index >= 15 is 0 Å². The highest BCUT2D eigenvalue weighted by molar-refractivity contribution is 5.96. The van der Waals surface area contributed by atoms with E-state index in [1.54, 1.807) is 46.4 Å². The van der Waals surface area contributed by atoms with Crippen molar-refractivity contribution in [2.75, 3.05) is 19.5 Å². The van der Waals surface area contributed by atoms with Crippen molar-refractivity contribution < 1.29 is 19.0 Å². The Hall–Kier alpha value is -3.91. The topological polar surface area (TPSA) is 87.5 Å². The molecule has 34 heavy (non-hydrogen) atoms. The first-order chi connectivity index (χ1) is 16.4. The fourth-order valence-electron chi connectivity index (χ4n) is 3.58. The molecule has 4 aromatic rings. The quantitative estimate of drug-likeness (QED) is 0.398. The van der Waals surface area contributed by atoms with Gasteiger partial charge < -0.3 is 19.5 Å². The number of benzene rings is 2. The number of hydrogen-bond donors (Lipinski definition) is 1. The Morgan fingerprint density at radius 3 is 2.62 bits per heavy atom. The number of rotatable bonds is 9. The van der Waals surface area contributed by atoms with E-state index in [0.29, 0.717) is 24.8 Å². The van der Waals surface area contributed by atoms with Crippen molar-refractivity contribution in [3.05, 3.63) is 78.0 Å². The van der Waals surface area contributed by atoms with E-state index in [4.69, 9.17) is 19.3 Å². The average molecular weight is 461 g/mol. The van der Waals surface area contributed by atoms with Crippen LogP contribution in [-0.2, 0) is 22.7 Å². The molecule has 0 aliphatic carbocycles. The molecule has 2 aromatic heterocycles. The summed E-state index contributed by atoms with van der Waals surface area (Å²) in [7, 11) is 3.29. The van der Waals surface area contributed by atoms with Gasteiger partial charge in [-0.1, -0.05) is 24.3 Å². The number of nitrogens with zero attached hydrogens (tertiary/aromatic N) is 3. The largest absolute Gasteiger partial charge is 0.497 e. The van der Waals surface area contributed by atoms with Crippen molar-refractivity contribution in [1.82, 2.24) is 14.8 Å². The van der Waals surface area contributed by atoms with E-state index in [2.05, 4.69) is 10.3 Å². The zero-order valence-electron chi connectivity index (χ0n) is 19.7. The summed E-state index contributed by atoms with van der Waals surface area (Å²) in [5, 5.41) is 8.33. The fraction of sp³-hybridized carbons (Fsp3) is 0.269. The normalized spacial score (nSPS) is 11.4. The number of hydrogen-bond acceptors (Lipinski definition) is 6. The molecule has 0 aliphatic rings. The minimum atomic E-state index is -1.20. The standard InChI is InChI=1S/C26H28N4O4/c1-26(2,25(31)28-23-10-5-6-13-27-23)34-24-21-15-19(17-32-3)11-12-22(21)30(29-24)16-18-8-7-9-20(14-18)33-4/h5-15H,16-17H2,1-4H3,(H,27,28,31). The third kappa shape index (κ3) is 5.18. The van der Waals surface area contributed by atoms with Gasteiger partial charge in [0.25, 0.3) is 5.91 Å². The fourth-order valence-corrected chi connectivity index (χ4v) is 3.58. The van der Waals surface area contributed by atoms with E-state index in [0.717, 1.165) is 27.8 Å². The van der Waals surface area contributed by atoms with Crippen LogP contribution < -0.4 is 14.8 Å². The molecule has 0 fully saturated rings. The monoisotopic (exact) mass is 460 g/mol. The van der Waals surface area contributed by atoms with Crippen molar-refractivity contribution in [1.29, 1.82) is 0 Å². The lowest BCUT2D eigenvalue weighted by Crippen LogP contribution is -2.42. The van der Waals surface area contributed by atoms with Gasteiger partial charge in [0.05, 0.1) is 31.2 Å². The molecule has 1 amide bonds. The molecule has 4 rings (SSSR count). The van der Waals surface area contributed by atoms with Crippen molar-refractivity contribution in [3.63, 3.8) is 0 Å². The van der Waals surface area contributed by atoms with E-state index in [9.17, 15) is 4.79 Å². The predicted molar refractivity (Wildman–Crippen MR) is 130 cm³/mol. The maximum atomic E-state index is 13.0. The molecule has 0 saturated heterocycles. The third-order valence-corrected chi connectivity index (χ3v) is 5.36. The number of nitrogens with one attached hydrogen (secondary N) is 1. The molecule has 0 spiro atoms. The molecule has 0 saturated carbocycles. The molecule has 0 unspecified atom stereocenters. The number of fused-ring (bicyclic) bond motifs is 1. The summed E-state index contributed by atoms with van der Waals surface area (Å²) in [6.45, 7) is 4.38. The van der Waals surface area contributed by atoms with Gasteiger partial charge in [-0.15, -0.1) is 5.10 Å². The SMILES string of the molecule is COCc1ccc2c(c1)c(OC(C)(C)C(=O)Nc1ccccn1)nn2Cc1cccc(OC)c1. The van der Waals surface area contributed by atoms with Crippen LogP contribution in [0.2, 0.25) is 0 Å². The van der Waals surface area contributed by atoms with Gasteiger partial charge in [0.2, 0.25) is 5.88 Å². The van der Waals surface area contributed by atoms with E-state index in [1.807, 2.05) is 53.2 Å². The van der Waals surface area contributed by atoms with E-state index in [-0.39, 0.29) is 5.91 Å². The van der Waals surface area contributed by atoms with Gasteiger partial charge in [-0.25, -0.2) is 4.98 Å². The van der Waals surface area contributed by atoms with Crippen LogP contribution in [0.1, 0.15) is 25.0 Å². The number of methoxy groups -OCH3 is 2. The van der Waals surface area contributed by atoms with Crippen LogP contribution in [0.3, 0.4) is 0 Å². The summed E-state index contributed by atoms with van der Waals surface area (Å²) in [6, 6.07) is 19.1. The summed E-state index contributed by atoms with van der Waals surface area (Å²) >= 11 is 0. The number of aromatic nitrogens is 3. The van der Waals surface area contributed by atoms with Crippen LogP contribution in [0.15, 0.2) is 66.9 Å². The van der Waals surface area contributed by atoms with Crippen LogP contribution >= 0.6 is 0 Å². The Morgan fingerprint density at radius 2 is 1.88 bits per heavy atom. The summed E-state index contributed by atoms with van der Waals surface area (Å²) < 4.78 is 18.7. The van der Waals surface area contributed by atoms with Crippen LogP contribution in [-0.4, -0.2) is 40.5 Å². The van der Waals surface area contributed by atoms with Crippen molar-refractivity contribution in [2.45, 2.75) is 32.6 Å². The zero-order chi connectivity index (χ0) is 24.1. The number of amides is 1. The lowest BCUT2D eigenvalue weighted by molar-refractivity contribution is -0.128. The number of pyridine rings is 1. The number of ether oxygens (including phenoxy) is 3. The maximum absolute atomic E-state index is 13.0. The first-order valence-corrected chi connectivity index (χ1v) is 10.9. The summed E-state index contributed by atoms with van der Waals surface area (Å²) in [5.41, 5.74) is 1.70. The van der Waals surface area contributed by atoms with Gasteiger partial charge in [-0.05, 0) is 61.4 Å². The van der Waals surface area contributed by atoms with Crippen molar-refractivity contribution in [3.8, 4) is 11.6 Å². The third-order valence-electron chi connectivity index (χ3n) is 5.36. The van der Waals surface area contributed by atoms with Crippen LogP contribution in [0.25, 0.3) is 10.9 Å². The Labute approximate surface area is 198 Å². The molecule has 0 atom stereocenters. The minimum Gasteiger partial charge on any atom is -0.497 e. The van der Waals surface area contributed by atoms with Crippen LogP contribution in [0.5, 0.6) is 11.6 Å². The number of anilines is 1. The second-order valence-electron chi connectivity index (χ2n) is 8.38. The Balaban J connectivity index is 1.67. The highest BCUT2D eigenvalue weighted by atomic mass is 16.5. The Morgan fingerprint density at radius 1 is 1.03 bits per heavy atom. The second-order valence-corrected chi connectivity index (χ2v) is 8.38. The van der Waals surface area contributed by atoms with Gasteiger partial charge in [0.15, 0.2) is 5.60 Å². The van der Waals surface area contributed by atoms with Crippen LogP contribution in [0.4, 0.5) is 5.82 Å². The molecule has 0 bridgehead atoms. The molecule has 2 heterocycles. The van der Waals surface area contributed by atoms with E-state index in [1.165, 1.54) is 0 Å². The molecular weight excluding hydrogens is 432 g/mol. The lowest BCUT2D eigenvalue weighted by atomic mass is 10.1. The molecule has 1 N–H and O–H groups in total. The molecule has 2 aromatic carbocycles. The van der Waals surface area contributed by atoms with Crippen molar-refractivity contribution >= 4 is 22.6 Å². The maximum Gasteiger partial charge on any atom is 0.269 e. The van der Waals surface area contributed by atoms with Gasteiger partial charge >= 0.3 is 0 Å². The highest BCUT2D eigenvalue weighted by Gasteiger charge is 2.32. The number of carbonyl (C=O) groups excluding carboxylic acids is 1. The van der Waals surface area contributed by atoms with Gasteiger partial charge in [0, 0.05) is 13.3 Å². The second kappa shape index (κ2) is 9.93. The van der Waals surface area contributed by atoms with Gasteiger partial charge in [-0.3, -0.25) is 9.48 Å². The smallest absolute Gasteiger partial charge is 0.269 e. The zero-order valence-corrected chi connectivity index (χ0v) is 19.7. The minimum absolute atomic E-state index is 0.324. The highest BCUT2D eigenvalue weighted by Crippen LogP contribution is 2.30. The Kier molecular flexibility index (Phi) is 6.79. The number of carbonyl (C=O) groups is 1. The molecule has 8 heteroatoms. The van der Waals surface area contributed by atoms with Crippen molar-refractivity contribution in [2.24, 2.45) is 0 Å².